The summed E-state index contributed by atoms with van der Waals surface area (Å²) in [6, 6.07) is 0. The predicted molar refractivity (Wildman–Crippen MR) is 94.6 cm³/mol. The highest BCUT2D eigenvalue weighted by molar-refractivity contribution is 5.92. The molecule has 9 heteroatoms. The number of nitrogens with zero attached hydrogens (tertiary/aromatic N) is 8. The molecule has 0 saturated carbocycles. The van der Waals surface area contributed by atoms with Crippen LogP contribution in [0.5, 0.6) is 0 Å². The third kappa shape index (κ3) is 2.27. The molecule has 2 atom stereocenters. The molecular weight excluding hydrogens is 332 g/mol. The first-order valence-electron chi connectivity index (χ1n) is 8.74. The summed E-state index contributed by atoms with van der Waals surface area (Å²) >= 11 is 0. The number of fused-ring (bicyclic) bond motifs is 2. The second-order valence-electron chi connectivity index (χ2n) is 7.28. The van der Waals surface area contributed by atoms with E-state index < -0.39 is 0 Å². The van der Waals surface area contributed by atoms with Crippen LogP contribution in [0.3, 0.4) is 0 Å². The van der Waals surface area contributed by atoms with Gasteiger partial charge in [0.2, 0.25) is 0 Å². The Labute approximate surface area is 150 Å². The van der Waals surface area contributed by atoms with Gasteiger partial charge < -0.3 is 18.9 Å². The van der Waals surface area contributed by atoms with Crippen LogP contribution < -0.4 is 4.90 Å². The first-order chi connectivity index (χ1) is 12.6. The number of rotatable bonds is 2. The van der Waals surface area contributed by atoms with Gasteiger partial charge in [-0.3, -0.25) is 4.79 Å². The monoisotopic (exact) mass is 352 g/mol. The second kappa shape index (κ2) is 5.52. The van der Waals surface area contributed by atoms with Crippen LogP contribution in [0, 0.1) is 11.8 Å². The van der Waals surface area contributed by atoms with E-state index in [4.69, 9.17) is 0 Å². The third-order valence-electron chi connectivity index (χ3n) is 5.47. The number of amides is 1. The highest BCUT2D eigenvalue weighted by atomic mass is 16.2. The van der Waals surface area contributed by atoms with E-state index in [0.29, 0.717) is 17.5 Å². The summed E-state index contributed by atoms with van der Waals surface area (Å²) in [6.45, 7) is 3.32. The first kappa shape index (κ1) is 15.3. The van der Waals surface area contributed by atoms with Crippen molar-refractivity contribution in [3.63, 3.8) is 0 Å². The summed E-state index contributed by atoms with van der Waals surface area (Å²) in [6.07, 6.45) is 6.82. The standard InChI is InChI=1S/C17H20N8O/c1-22-7-13(20-9-22)17(26)25-5-11-3-24(4-12(11)6-25)16-14-15(18-8-19-16)23(2)10-21-14/h7-12H,3-6H2,1-2H3. The lowest BCUT2D eigenvalue weighted by Gasteiger charge is -2.22. The lowest BCUT2D eigenvalue weighted by Crippen LogP contribution is -2.33. The SMILES string of the molecule is Cn1cnc(C(=O)N2CC3CN(c4ncnc5c4ncn5C)CC3C2)c1. The van der Waals surface area contributed by atoms with Crippen LogP contribution in [0.25, 0.3) is 11.2 Å². The number of hydrogen-bond acceptors (Lipinski definition) is 6. The van der Waals surface area contributed by atoms with Crippen molar-refractivity contribution in [2.24, 2.45) is 25.9 Å². The van der Waals surface area contributed by atoms with Crippen molar-refractivity contribution in [3.8, 4) is 0 Å². The minimum absolute atomic E-state index is 0.0284. The van der Waals surface area contributed by atoms with Gasteiger partial charge in [0, 0.05) is 58.3 Å². The molecule has 5 heterocycles. The Balaban J connectivity index is 1.33. The van der Waals surface area contributed by atoms with Crippen LogP contribution >= 0.6 is 0 Å². The molecule has 2 unspecified atom stereocenters. The third-order valence-corrected chi connectivity index (χ3v) is 5.47. The van der Waals surface area contributed by atoms with Gasteiger partial charge in [-0.1, -0.05) is 0 Å². The molecular formula is C17H20N8O. The number of likely N-dealkylation sites (tertiary alicyclic amines) is 1. The van der Waals surface area contributed by atoms with Crippen molar-refractivity contribution in [3.05, 3.63) is 30.9 Å². The van der Waals surface area contributed by atoms with Crippen LogP contribution in [-0.2, 0) is 14.1 Å². The quantitative estimate of drug-likeness (QED) is 0.660. The van der Waals surface area contributed by atoms with Gasteiger partial charge in [0.25, 0.3) is 5.91 Å². The molecule has 0 spiro atoms. The van der Waals surface area contributed by atoms with E-state index in [2.05, 4.69) is 24.8 Å². The van der Waals surface area contributed by atoms with Crippen molar-refractivity contribution < 1.29 is 4.79 Å². The van der Waals surface area contributed by atoms with E-state index in [1.807, 2.05) is 23.6 Å². The average molecular weight is 352 g/mol. The number of anilines is 1. The Morgan fingerprint density at radius 3 is 2.46 bits per heavy atom. The van der Waals surface area contributed by atoms with Gasteiger partial charge in [-0.25, -0.2) is 19.9 Å². The molecule has 9 nitrogen and oxygen atoms in total. The zero-order valence-corrected chi connectivity index (χ0v) is 14.8. The molecule has 0 bridgehead atoms. The average Bonchev–Trinajstić information content (AvgIpc) is 3.37. The summed E-state index contributed by atoms with van der Waals surface area (Å²) in [5.41, 5.74) is 2.21. The molecule has 2 saturated heterocycles. The fourth-order valence-corrected chi connectivity index (χ4v) is 4.18. The van der Waals surface area contributed by atoms with Crippen molar-refractivity contribution in [2.75, 3.05) is 31.1 Å². The van der Waals surface area contributed by atoms with Gasteiger partial charge in [-0.05, 0) is 0 Å². The number of hydrogen-bond donors (Lipinski definition) is 0. The molecule has 3 aromatic heterocycles. The minimum Gasteiger partial charge on any atom is -0.354 e. The molecule has 134 valence electrons. The summed E-state index contributed by atoms with van der Waals surface area (Å²) in [7, 11) is 3.81. The van der Waals surface area contributed by atoms with Crippen molar-refractivity contribution >= 4 is 22.9 Å². The van der Waals surface area contributed by atoms with Gasteiger partial charge in [0.15, 0.2) is 17.0 Å². The topological polar surface area (TPSA) is 85.0 Å². The molecule has 26 heavy (non-hydrogen) atoms. The van der Waals surface area contributed by atoms with E-state index in [1.165, 1.54) is 0 Å². The van der Waals surface area contributed by atoms with Crippen molar-refractivity contribution in [1.82, 2.24) is 34.0 Å². The number of aromatic nitrogens is 6. The van der Waals surface area contributed by atoms with Gasteiger partial charge in [0.05, 0.1) is 12.7 Å². The van der Waals surface area contributed by atoms with Crippen molar-refractivity contribution in [1.29, 1.82) is 0 Å². The Morgan fingerprint density at radius 2 is 1.77 bits per heavy atom. The lowest BCUT2D eigenvalue weighted by atomic mass is 10.0. The molecule has 2 aliphatic heterocycles. The molecule has 0 aromatic carbocycles. The molecule has 0 radical (unpaired) electrons. The number of imidazole rings is 2. The van der Waals surface area contributed by atoms with Crippen LogP contribution in [-0.4, -0.2) is 66.1 Å². The highest BCUT2D eigenvalue weighted by Crippen LogP contribution is 2.35. The number of carbonyl (C=O) groups excluding carboxylic acids is 1. The number of aryl methyl sites for hydroxylation is 2. The van der Waals surface area contributed by atoms with E-state index in [0.717, 1.165) is 43.2 Å². The van der Waals surface area contributed by atoms with Gasteiger partial charge in [-0.2, -0.15) is 0 Å². The normalized spacial score (nSPS) is 22.4. The lowest BCUT2D eigenvalue weighted by molar-refractivity contribution is 0.0777. The highest BCUT2D eigenvalue weighted by Gasteiger charge is 2.43. The zero-order valence-electron chi connectivity index (χ0n) is 14.8. The van der Waals surface area contributed by atoms with Crippen LogP contribution in [0.1, 0.15) is 10.5 Å². The Bertz CT molecular complexity index is 978. The van der Waals surface area contributed by atoms with E-state index >= 15 is 0 Å². The second-order valence-corrected chi connectivity index (χ2v) is 7.28. The van der Waals surface area contributed by atoms with E-state index in [1.54, 1.807) is 29.7 Å². The maximum absolute atomic E-state index is 12.6. The summed E-state index contributed by atoms with van der Waals surface area (Å²) in [4.78, 5) is 34.3. The molecule has 5 rings (SSSR count). The summed E-state index contributed by atoms with van der Waals surface area (Å²) < 4.78 is 3.71. The van der Waals surface area contributed by atoms with Crippen LogP contribution in [0.15, 0.2) is 25.2 Å². The fraction of sp³-hybridized carbons (Fsp3) is 0.471. The van der Waals surface area contributed by atoms with Crippen molar-refractivity contribution in [2.45, 2.75) is 0 Å². The van der Waals surface area contributed by atoms with E-state index in [-0.39, 0.29) is 5.91 Å². The Morgan fingerprint density at radius 1 is 1.00 bits per heavy atom. The van der Waals surface area contributed by atoms with Gasteiger partial charge >= 0.3 is 0 Å². The molecule has 0 N–H and O–H groups in total. The predicted octanol–water partition coefficient (Wildman–Crippen LogP) is 0.305. The number of carbonyl (C=O) groups is 1. The molecule has 2 fully saturated rings. The largest absolute Gasteiger partial charge is 0.354 e. The first-order valence-corrected chi connectivity index (χ1v) is 8.74. The fourth-order valence-electron chi connectivity index (χ4n) is 4.18. The Hall–Kier alpha value is -2.97. The minimum atomic E-state index is 0.0284. The summed E-state index contributed by atoms with van der Waals surface area (Å²) in [5.74, 6) is 1.83. The molecule has 3 aromatic rings. The molecule has 1 amide bonds. The van der Waals surface area contributed by atoms with Gasteiger partial charge in [-0.15, -0.1) is 0 Å². The van der Waals surface area contributed by atoms with Crippen LogP contribution in [0.2, 0.25) is 0 Å². The van der Waals surface area contributed by atoms with Crippen LogP contribution in [0.4, 0.5) is 5.82 Å². The molecule has 2 aliphatic rings. The zero-order chi connectivity index (χ0) is 17.8. The summed E-state index contributed by atoms with van der Waals surface area (Å²) in [5, 5.41) is 0. The smallest absolute Gasteiger partial charge is 0.274 e. The maximum Gasteiger partial charge on any atom is 0.274 e. The maximum atomic E-state index is 12.6. The Kier molecular flexibility index (Phi) is 3.25. The van der Waals surface area contributed by atoms with E-state index in [9.17, 15) is 4.79 Å². The van der Waals surface area contributed by atoms with Gasteiger partial charge in [0.1, 0.15) is 12.0 Å². The molecule has 0 aliphatic carbocycles.